The summed E-state index contributed by atoms with van der Waals surface area (Å²) in [6.45, 7) is -0.870. The van der Waals surface area contributed by atoms with Gasteiger partial charge in [-0.05, 0) is 0 Å². The molecule has 0 bridgehead atoms. The van der Waals surface area contributed by atoms with Gasteiger partial charge in [0.05, 0.1) is 0 Å². The molecule has 0 N–H and O–H groups in total. The normalized spacial score (nSPS) is 31.5. The van der Waals surface area contributed by atoms with E-state index in [9.17, 15) is 22.4 Å². The van der Waals surface area contributed by atoms with Crippen LogP contribution in [0.15, 0.2) is 0 Å². The highest BCUT2D eigenvalue weighted by molar-refractivity contribution is 5.71. The smallest absolute Gasteiger partial charge is 0.421 e. The molecule has 1 saturated heterocycles. The van der Waals surface area contributed by atoms with Gasteiger partial charge in [-0.3, -0.25) is 0 Å². The number of ether oxygens (including phenoxy) is 2. The zero-order valence-corrected chi connectivity index (χ0v) is 5.60. The molecule has 7 heteroatoms. The molecule has 0 aromatic rings. The molecule has 0 radical (unpaired) electrons. The molecule has 70 valence electrons. The van der Waals surface area contributed by atoms with Gasteiger partial charge in [0, 0.05) is 0 Å². The van der Waals surface area contributed by atoms with E-state index in [0.717, 1.165) is 0 Å². The second kappa shape index (κ2) is 2.89. The highest BCUT2D eigenvalue weighted by Gasteiger charge is 2.50. The lowest BCUT2D eigenvalue weighted by atomic mass is 10.3. The minimum atomic E-state index is -4.85. The lowest BCUT2D eigenvalue weighted by Gasteiger charge is -2.27. The minimum Gasteiger partial charge on any atom is -0.426 e. The van der Waals surface area contributed by atoms with E-state index in [1.165, 1.54) is 0 Å². The first kappa shape index (κ1) is 9.24. The van der Waals surface area contributed by atoms with E-state index in [2.05, 4.69) is 9.47 Å². The molecule has 1 fully saturated rings. The molecule has 12 heavy (non-hydrogen) atoms. The van der Waals surface area contributed by atoms with Crippen LogP contribution in [0.25, 0.3) is 0 Å². The number of hydrogen-bond donors (Lipinski definition) is 0. The summed E-state index contributed by atoms with van der Waals surface area (Å²) >= 11 is 0. The first-order valence-electron chi connectivity index (χ1n) is 2.93. The quantitative estimate of drug-likeness (QED) is 0.416. The van der Waals surface area contributed by atoms with E-state index in [1.54, 1.807) is 0 Å². The highest BCUT2D eigenvalue weighted by atomic mass is 19.4. The number of alkyl halides is 4. The van der Waals surface area contributed by atoms with Crippen molar-refractivity contribution in [3.05, 3.63) is 0 Å². The average molecular weight is 188 g/mol. The maximum atomic E-state index is 12.3. The molecule has 0 aromatic carbocycles. The number of rotatable bonds is 0. The van der Waals surface area contributed by atoms with Crippen molar-refractivity contribution in [3.8, 4) is 0 Å². The lowest BCUT2D eigenvalue weighted by Crippen LogP contribution is -2.47. The van der Waals surface area contributed by atoms with Crippen molar-refractivity contribution in [1.29, 1.82) is 0 Å². The Balaban J connectivity index is 2.62. The van der Waals surface area contributed by atoms with Gasteiger partial charge in [-0.1, -0.05) is 0 Å². The van der Waals surface area contributed by atoms with Crippen LogP contribution >= 0.6 is 0 Å². The third kappa shape index (κ3) is 1.84. The standard InChI is InChI=1S/C5H4F4O3/c6-4-3(5(7,8)9)11-1-2(10)12-4/h3-4H,1H2. The molecule has 0 aromatic heterocycles. The van der Waals surface area contributed by atoms with E-state index in [1.807, 2.05) is 0 Å². The molecule has 2 unspecified atom stereocenters. The Labute approximate surface area is 64.2 Å². The maximum Gasteiger partial charge on any atom is 0.421 e. The monoisotopic (exact) mass is 188 g/mol. The van der Waals surface area contributed by atoms with E-state index >= 15 is 0 Å². The summed E-state index contributed by atoms with van der Waals surface area (Å²) in [7, 11) is 0. The van der Waals surface area contributed by atoms with Gasteiger partial charge in [-0.2, -0.15) is 17.6 Å². The van der Waals surface area contributed by atoms with E-state index in [-0.39, 0.29) is 0 Å². The fraction of sp³-hybridized carbons (Fsp3) is 0.800. The molecule has 1 aliphatic heterocycles. The minimum absolute atomic E-state index is 0.870. The summed E-state index contributed by atoms with van der Waals surface area (Å²) < 4.78 is 55.2. The van der Waals surface area contributed by atoms with Gasteiger partial charge >= 0.3 is 12.1 Å². The van der Waals surface area contributed by atoms with Crippen molar-refractivity contribution in [2.75, 3.05) is 6.61 Å². The summed E-state index contributed by atoms with van der Waals surface area (Å²) in [5, 5.41) is 0. The van der Waals surface area contributed by atoms with Gasteiger partial charge in [0.1, 0.15) is 6.61 Å². The molecule has 1 aliphatic rings. The zero-order chi connectivity index (χ0) is 9.35. The van der Waals surface area contributed by atoms with Crippen LogP contribution in [0, 0.1) is 0 Å². The molecule has 0 amide bonds. The Kier molecular flexibility index (Phi) is 2.22. The number of hydrogen-bond acceptors (Lipinski definition) is 3. The summed E-state index contributed by atoms with van der Waals surface area (Å²) in [6, 6.07) is 0. The molecule has 1 rings (SSSR count). The summed E-state index contributed by atoms with van der Waals surface area (Å²) in [5.74, 6) is -1.14. The summed E-state index contributed by atoms with van der Waals surface area (Å²) in [4.78, 5) is 10.2. The molecule has 0 aliphatic carbocycles. The Morgan fingerprint density at radius 1 is 1.42 bits per heavy atom. The number of carbonyl (C=O) groups excluding carboxylic acids is 1. The SMILES string of the molecule is O=C1COC(C(F)(F)F)C(F)O1. The van der Waals surface area contributed by atoms with Crippen LogP contribution in [0.3, 0.4) is 0 Å². The van der Waals surface area contributed by atoms with Crippen LogP contribution in [-0.2, 0) is 14.3 Å². The van der Waals surface area contributed by atoms with Crippen molar-refractivity contribution in [1.82, 2.24) is 0 Å². The van der Waals surface area contributed by atoms with E-state index in [4.69, 9.17) is 0 Å². The first-order valence-corrected chi connectivity index (χ1v) is 2.93. The van der Waals surface area contributed by atoms with Crippen LogP contribution in [0.5, 0.6) is 0 Å². The molecule has 3 nitrogen and oxygen atoms in total. The van der Waals surface area contributed by atoms with Gasteiger partial charge in [-0.25, -0.2) is 4.79 Å². The van der Waals surface area contributed by atoms with Crippen molar-refractivity contribution >= 4 is 5.97 Å². The number of carbonyl (C=O) groups is 1. The van der Waals surface area contributed by atoms with Gasteiger partial charge in [0.2, 0.25) is 6.10 Å². The van der Waals surface area contributed by atoms with Crippen LogP contribution in [0.1, 0.15) is 0 Å². The Morgan fingerprint density at radius 2 is 2.00 bits per heavy atom. The van der Waals surface area contributed by atoms with Crippen molar-refractivity contribution < 1.29 is 31.8 Å². The van der Waals surface area contributed by atoms with Gasteiger partial charge < -0.3 is 9.47 Å². The summed E-state index contributed by atoms with van der Waals surface area (Å²) in [6.07, 6.45) is -10.3. The van der Waals surface area contributed by atoms with Gasteiger partial charge in [0.15, 0.2) is 0 Å². The first-order chi connectivity index (χ1) is 5.41. The van der Waals surface area contributed by atoms with Crippen LogP contribution in [0.4, 0.5) is 17.6 Å². The summed E-state index contributed by atoms with van der Waals surface area (Å²) in [5.41, 5.74) is 0. The zero-order valence-electron chi connectivity index (χ0n) is 5.60. The second-order valence-electron chi connectivity index (χ2n) is 2.11. The fourth-order valence-electron chi connectivity index (χ4n) is 0.698. The molecule has 0 saturated carbocycles. The number of esters is 1. The molecular weight excluding hydrogens is 184 g/mol. The Hall–Kier alpha value is -0.850. The number of halogens is 4. The predicted octanol–water partition coefficient (Wildman–Crippen LogP) is 0.786. The molecular formula is C5H4F4O3. The van der Waals surface area contributed by atoms with Crippen LogP contribution in [-0.4, -0.2) is 31.2 Å². The van der Waals surface area contributed by atoms with Crippen molar-refractivity contribution in [3.63, 3.8) is 0 Å². The van der Waals surface area contributed by atoms with E-state index in [0.29, 0.717) is 0 Å². The third-order valence-electron chi connectivity index (χ3n) is 1.19. The largest absolute Gasteiger partial charge is 0.426 e. The fourth-order valence-corrected chi connectivity index (χ4v) is 0.698. The van der Waals surface area contributed by atoms with Crippen LogP contribution in [0.2, 0.25) is 0 Å². The Morgan fingerprint density at radius 3 is 2.42 bits per heavy atom. The molecule has 0 spiro atoms. The Bertz CT molecular complexity index is 190. The second-order valence-corrected chi connectivity index (χ2v) is 2.11. The van der Waals surface area contributed by atoms with Crippen molar-refractivity contribution in [2.45, 2.75) is 18.6 Å². The highest BCUT2D eigenvalue weighted by Crippen LogP contribution is 2.29. The maximum absolute atomic E-state index is 12.3. The van der Waals surface area contributed by atoms with Crippen molar-refractivity contribution in [2.24, 2.45) is 0 Å². The average Bonchev–Trinajstić information content (AvgIpc) is 1.83. The molecule has 2 atom stereocenters. The lowest BCUT2D eigenvalue weighted by molar-refractivity contribution is -0.288. The topological polar surface area (TPSA) is 35.5 Å². The van der Waals surface area contributed by atoms with E-state index < -0.39 is 31.2 Å². The molecule has 1 heterocycles. The third-order valence-corrected chi connectivity index (χ3v) is 1.19. The van der Waals surface area contributed by atoms with Crippen LogP contribution < -0.4 is 0 Å². The van der Waals surface area contributed by atoms with Gasteiger partial charge in [-0.15, -0.1) is 0 Å². The number of cyclic esters (lactones) is 1. The van der Waals surface area contributed by atoms with Gasteiger partial charge in [0.25, 0.3) is 6.36 Å². The predicted molar refractivity (Wildman–Crippen MR) is 26.8 cm³/mol.